The summed E-state index contributed by atoms with van der Waals surface area (Å²) in [6.07, 6.45) is -20.3. The molecule has 1 unspecified atom stereocenters. The zero-order chi connectivity index (χ0) is 17.8. The number of hydrogen-bond acceptors (Lipinski definition) is 1. The minimum Gasteiger partial charge on any atom is -0.477 e. The monoisotopic (exact) mass is 346 g/mol. The Balaban J connectivity index is 5.22. The highest BCUT2D eigenvalue weighted by molar-refractivity contribution is 4.97. The second kappa shape index (κ2) is 6.99. The molecule has 0 aliphatic carbocycles. The Morgan fingerprint density at radius 3 is 1.68 bits per heavy atom. The first-order valence-corrected chi connectivity index (χ1v) is 6.21. The summed E-state index contributed by atoms with van der Waals surface area (Å²) in [5, 5.41) is 0. The van der Waals surface area contributed by atoms with Crippen molar-refractivity contribution in [2.75, 3.05) is 0 Å². The number of hydrogen-bond donors (Lipinski definition) is 0. The molecule has 1 nitrogen and oxygen atoms in total. The largest absolute Gasteiger partial charge is 0.477 e. The van der Waals surface area contributed by atoms with Crippen molar-refractivity contribution in [1.29, 1.82) is 0 Å². The molecular formula is C12H15F9O. The van der Waals surface area contributed by atoms with E-state index in [1.807, 2.05) is 0 Å². The van der Waals surface area contributed by atoms with Gasteiger partial charge >= 0.3 is 18.5 Å². The predicted octanol–water partition coefficient (Wildman–Crippen LogP) is 5.77. The van der Waals surface area contributed by atoms with Crippen LogP contribution in [0.25, 0.3) is 0 Å². The van der Waals surface area contributed by atoms with E-state index in [4.69, 9.17) is 0 Å². The van der Waals surface area contributed by atoms with Crippen LogP contribution in [0.1, 0.15) is 32.6 Å². The van der Waals surface area contributed by atoms with E-state index in [1.54, 1.807) is 0 Å². The zero-order valence-electron chi connectivity index (χ0n) is 11.5. The molecule has 10 heteroatoms. The standard InChI is InChI=1S/C12H15F9O/c1-3-8(10(13,14)15)6-5-7-9(22-4-2,11(16,17)18)12(19,20)21/h4,8H,2-3,5-7H2,1H3. The van der Waals surface area contributed by atoms with Gasteiger partial charge in [-0.25, -0.2) is 0 Å². The lowest BCUT2D eigenvalue weighted by Gasteiger charge is -2.36. The number of halogens is 9. The third-order valence-electron chi connectivity index (χ3n) is 3.24. The van der Waals surface area contributed by atoms with E-state index in [9.17, 15) is 39.5 Å². The SMILES string of the molecule is C=COC(CCCC(CC)C(F)(F)F)(C(F)(F)F)C(F)(F)F. The van der Waals surface area contributed by atoms with Crippen LogP contribution in [0.4, 0.5) is 39.5 Å². The summed E-state index contributed by atoms with van der Waals surface area (Å²) in [6.45, 7) is 3.82. The van der Waals surface area contributed by atoms with Crippen molar-refractivity contribution in [3.05, 3.63) is 12.8 Å². The molecule has 0 aromatic rings. The third-order valence-corrected chi connectivity index (χ3v) is 3.24. The maximum Gasteiger partial charge on any atom is 0.437 e. The minimum atomic E-state index is -5.83. The summed E-state index contributed by atoms with van der Waals surface area (Å²) in [7, 11) is 0. The van der Waals surface area contributed by atoms with Crippen molar-refractivity contribution < 1.29 is 44.3 Å². The first kappa shape index (κ1) is 20.9. The van der Waals surface area contributed by atoms with Gasteiger partial charge in [-0.05, 0) is 19.3 Å². The molecule has 0 aliphatic rings. The first-order valence-electron chi connectivity index (χ1n) is 6.21. The van der Waals surface area contributed by atoms with Gasteiger partial charge < -0.3 is 4.74 Å². The maximum atomic E-state index is 12.8. The first-order chi connectivity index (χ1) is 9.73. The Hall–Kier alpha value is -1.09. The lowest BCUT2D eigenvalue weighted by atomic mass is 9.90. The molecule has 0 fully saturated rings. The topological polar surface area (TPSA) is 9.23 Å². The van der Waals surface area contributed by atoms with Gasteiger partial charge in [0.25, 0.3) is 5.60 Å². The fourth-order valence-corrected chi connectivity index (χ4v) is 1.98. The van der Waals surface area contributed by atoms with Gasteiger partial charge in [-0.15, -0.1) is 0 Å². The van der Waals surface area contributed by atoms with Crippen molar-refractivity contribution in [2.45, 2.75) is 56.7 Å². The van der Waals surface area contributed by atoms with Crippen LogP contribution in [-0.4, -0.2) is 24.1 Å². The highest BCUT2D eigenvalue weighted by Crippen LogP contribution is 2.49. The van der Waals surface area contributed by atoms with Crippen molar-refractivity contribution in [1.82, 2.24) is 0 Å². The Kier molecular flexibility index (Phi) is 6.65. The quantitative estimate of drug-likeness (QED) is 0.420. The van der Waals surface area contributed by atoms with Gasteiger partial charge in [-0.3, -0.25) is 0 Å². The van der Waals surface area contributed by atoms with Gasteiger partial charge in [0.2, 0.25) is 0 Å². The highest BCUT2D eigenvalue weighted by atomic mass is 19.4. The average molecular weight is 346 g/mol. The molecule has 132 valence electrons. The van der Waals surface area contributed by atoms with Crippen LogP contribution >= 0.6 is 0 Å². The number of ether oxygens (including phenoxy) is 1. The molecule has 0 spiro atoms. The number of alkyl halides is 9. The molecule has 0 bridgehead atoms. The van der Waals surface area contributed by atoms with Crippen LogP contribution in [0.15, 0.2) is 12.8 Å². The molecule has 0 saturated carbocycles. The lowest BCUT2D eigenvalue weighted by molar-refractivity contribution is -0.370. The zero-order valence-corrected chi connectivity index (χ0v) is 11.5. The van der Waals surface area contributed by atoms with E-state index in [2.05, 4.69) is 11.3 Å². The van der Waals surface area contributed by atoms with Gasteiger partial charge in [-0.2, -0.15) is 39.5 Å². The van der Waals surface area contributed by atoms with Gasteiger partial charge in [0, 0.05) is 6.42 Å². The summed E-state index contributed by atoms with van der Waals surface area (Å²) in [5.41, 5.74) is -4.55. The third kappa shape index (κ3) is 4.70. The minimum absolute atomic E-state index is 0.0119. The number of rotatable bonds is 7. The highest BCUT2D eigenvalue weighted by Gasteiger charge is 2.72. The average Bonchev–Trinajstić information content (AvgIpc) is 2.28. The second-order valence-electron chi connectivity index (χ2n) is 4.65. The Labute approximate surface area is 121 Å². The predicted molar refractivity (Wildman–Crippen MR) is 59.8 cm³/mol. The normalized spacial score (nSPS) is 15.5. The summed E-state index contributed by atoms with van der Waals surface area (Å²) in [5.74, 6) is -1.96. The molecule has 22 heavy (non-hydrogen) atoms. The van der Waals surface area contributed by atoms with Crippen LogP contribution in [0, 0.1) is 5.92 Å². The van der Waals surface area contributed by atoms with Crippen LogP contribution in [0.3, 0.4) is 0 Å². The molecule has 0 saturated heterocycles. The molecule has 0 heterocycles. The van der Waals surface area contributed by atoms with E-state index < -0.39 is 55.7 Å². The fraction of sp³-hybridized carbons (Fsp3) is 0.833. The Morgan fingerprint density at radius 2 is 1.41 bits per heavy atom. The lowest BCUT2D eigenvalue weighted by Crippen LogP contribution is -2.58. The van der Waals surface area contributed by atoms with Gasteiger partial charge in [0.15, 0.2) is 0 Å². The Morgan fingerprint density at radius 1 is 0.955 bits per heavy atom. The molecule has 0 aromatic heterocycles. The molecule has 0 amide bonds. The maximum absolute atomic E-state index is 12.8. The molecular weight excluding hydrogens is 331 g/mol. The summed E-state index contributed by atoms with van der Waals surface area (Å²) in [6, 6.07) is 0. The summed E-state index contributed by atoms with van der Waals surface area (Å²) in [4.78, 5) is 0. The fourth-order valence-electron chi connectivity index (χ4n) is 1.98. The molecule has 0 radical (unpaired) electrons. The van der Waals surface area contributed by atoms with E-state index in [0.717, 1.165) is 6.92 Å². The van der Waals surface area contributed by atoms with E-state index in [0.29, 0.717) is 0 Å². The van der Waals surface area contributed by atoms with Crippen LogP contribution in [0.5, 0.6) is 0 Å². The van der Waals surface area contributed by atoms with Crippen LogP contribution < -0.4 is 0 Å². The van der Waals surface area contributed by atoms with Gasteiger partial charge in [0.1, 0.15) is 0 Å². The molecule has 0 aliphatic heterocycles. The molecule has 0 N–H and O–H groups in total. The summed E-state index contributed by atoms with van der Waals surface area (Å²) < 4.78 is 118. The van der Waals surface area contributed by atoms with Gasteiger partial charge in [-0.1, -0.05) is 13.5 Å². The van der Waals surface area contributed by atoms with Crippen LogP contribution in [-0.2, 0) is 4.74 Å². The van der Waals surface area contributed by atoms with Crippen molar-refractivity contribution in [2.24, 2.45) is 5.92 Å². The smallest absolute Gasteiger partial charge is 0.437 e. The van der Waals surface area contributed by atoms with Crippen molar-refractivity contribution in [3.63, 3.8) is 0 Å². The Bertz CT molecular complexity index is 339. The molecule has 0 aromatic carbocycles. The van der Waals surface area contributed by atoms with Crippen molar-refractivity contribution >= 4 is 0 Å². The second-order valence-corrected chi connectivity index (χ2v) is 4.65. The van der Waals surface area contributed by atoms with Gasteiger partial charge in [0.05, 0.1) is 12.2 Å². The van der Waals surface area contributed by atoms with E-state index in [-0.39, 0.29) is 6.26 Å². The summed E-state index contributed by atoms with van der Waals surface area (Å²) >= 11 is 0. The van der Waals surface area contributed by atoms with Crippen LogP contribution in [0.2, 0.25) is 0 Å². The van der Waals surface area contributed by atoms with Crippen molar-refractivity contribution in [3.8, 4) is 0 Å². The molecule has 1 atom stereocenters. The molecule has 0 rings (SSSR count). The van der Waals surface area contributed by atoms with E-state index >= 15 is 0 Å². The van der Waals surface area contributed by atoms with E-state index in [1.165, 1.54) is 0 Å².